The molecule has 2 aliphatic rings. The van der Waals surface area contributed by atoms with Gasteiger partial charge in [-0.25, -0.2) is 4.79 Å². The van der Waals surface area contributed by atoms with Gasteiger partial charge in [0.2, 0.25) is 0 Å². The number of aromatic nitrogens is 1. The number of aliphatic hydroxyl groups is 2. The van der Waals surface area contributed by atoms with Crippen LogP contribution in [0.5, 0.6) is 5.75 Å². The van der Waals surface area contributed by atoms with Crippen molar-refractivity contribution in [1.29, 1.82) is 0 Å². The molecule has 1 aromatic heterocycles. The number of ether oxygens (including phenoxy) is 2. The monoisotopic (exact) mass is 484 g/mol. The van der Waals surface area contributed by atoms with Gasteiger partial charge in [-0.2, -0.15) is 0 Å². The highest BCUT2D eigenvalue weighted by Gasteiger charge is 2.36. The zero-order valence-electron chi connectivity index (χ0n) is 18.9. The molecule has 3 aromatic rings. The number of halogens is 1. The summed E-state index contributed by atoms with van der Waals surface area (Å²) >= 11 is 6.28. The van der Waals surface area contributed by atoms with E-state index in [4.69, 9.17) is 26.2 Å². The van der Waals surface area contributed by atoms with E-state index in [1.54, 1.807) is 0 Å². The summed E-state index contributed by atoms with van der Waals surface area (Å²) in [6.45, 7) is 0.196. The van der Waals surface area contributed by atoms with Crippen LogP contribution in [0.15, 0.2) is 42.5 Å². The predicted molar refractivity (Wildman–Crippen MR) is 129 cm³/mol. The van der Waals surface area contributed by atoms with Gasteiger partial charge in [-0.05, 0) is 73.6 Å². The number of nitrogens with one attached hydrogen (secondary N) is 1. The van der Waals surface area contributed by atoms with Crippen molar-refractivity contribution in [3.05, 3.63) is 64.3 Å². The van der Waals surface area contributed by atoms with Crippen molar-refractivity contribution in [2.75, 3.05) is 19.8 Å². The van der Waals surface area contributed by atoms with Gasteiger partial charge in [0.1, 0.15) is 30.6 Å². The molecular weight excluding hydrogens is 456 g/mol. The first-order valence-electron chi connectivity index (χ1n) is 11.8. The van der Waals surface area contributed by atoms with Crippen molar-refractivity contribution in [2.45, 2.75) is 50.4 Å². The predicted octanol–water partition coefficient (Wildman–Crippen LogP) is 4.58. The summed E-state index contributed by atoms with van der Waals surface area (Å²) in [6.07, 6.45) is 3.53. The molecule has 1 aliphatic heterocycles. The average Bonchev–Trinajstić information content (AvgIpc) is 3.49. The molecule has 3 N–H and O–H groups in total. The van der Waals surface area contributed by atoms with Gasteiger partial charge in [-0.15, -0.1) is 0 Å². The molecule has 1 saturated carbocycles. The molecule has 2 aromatic carbocycles. The Labute approximate surface area is 203 Å². The number of carbonyl (C=O) groups excluding carboxylic acids is 1. The van der Waals surface area contributed by atoms with Crippen LogP contribution in [0.3, 0.4) is 0 Å². The number of hydrogen-bond donors (Lipinski definition) is 3. The fraction of sp³-hybridized carbons (Fsp3) is 0.423. The molecule has 180 valence electrons. The first-order chi connectivity index (χ1) is 16.5. The van der Waals surface area contributed by atoms with E-state index in [0.29, 0.717) is 23.7 Å². The molecule has 8 heteroatoms. The molecule has 0 unspecified atom stereocenters. The van der Waals surface area contributed by atoms with E-state index in [1.807, 2.05) is 47.4 Å². The second-order valence-corrected chi connectivity index (χ2v) is 9.50. The van der Waals surface area contributed by atoms with Crippen molar-refractivity contribution in [3.63, 3.8) is 0 Å². The molecule has 2 atom stereocenters. The molecule has 0 spiro atoms. The van der Waals surface area contributed by atoms with Crippen molar-refractivity contribution in [3.8, 4) is 5.75 Å². The number of aromatic amines is 1. The standard InChI is InChI=1S/C26H29ClN2O5/c27-17-7-10-23-22(13-17)21-11-12-29(26(32)34-20-3-1-2-4-20)25(24(21)28-23)16-5-8-19(9-6-16)33-15-18(31)14-30/h5-10,13,18,20,25,28,30-31H,1-4,11-12,14-15H2/t18-,25+/m1/s1. The van der Waals surface area contributed by atoms with Crippen LogP contribution in [-0.2, 0) is 11.2 Å². The minimum absolute atomic E-state index is 0.00599. The van der Waals surface area contributed by atoms with Crippen molar-refractivity contribution < 1.29 is 24.5 Å². The Morgan fingerprint density at radius 3 is 2.68 bits per heavy atom. The maximum atomic E-state index is 13.3. The molecular formula is C26H29ClN2O5. The van der Waals surface area contributed by atoms with Crippen LogP contribution >= 0.6 is 11.6 Å². The Morgan fingerprint density at radius 1 is 1.18 bits per heavy atom. The minimum atomic E-state index is -0.931. The highest BCUT2D eigenvalue weighted by atomic mass is 35.5. The van der Waals surface area contributed by atoms with E-state index in [9.17, 15) is 9.90 Å². The number of aliphatic hydroxyl groups excluding tert-OH is 2. The molecule has 5 rings (SSSR count). The van der Waals surface area contributed by atoms with Gasteiger partial charge >= 0.3 is 6.09 Å². The molecule has 2 heterocycles. The lowest BCUT2D eigenvalue weighted by Crippen LogP contribution is -2.42. The number of rotatable bonds is 6. The van der Waals surface area contributed by atoms with E-state index in [-0.39, 0.29) is 31.5 Å². The van der Waals surface area contributed by atoms with Gasteiger partial charge in [0.25, 0.3) is 0 Å². The summed E-state index contributed by atoms with van der Waals surface area (Å²) in [5.41, 5.74) is 4.05. The third kappa shape index (κ3) is 4.60. The molecule has 0 saturated heterocycles. The summed E-state index contributed by atoms with van der Waals surface area (Å²) in [6, 6.07) is 12.9. The summed E-state index contributed by atoms with van der Waals surface area (Å²) < 4.78 is 11.4. The number of fused-ring (bicyclic) bond motifs is 3. The van der Waals surface area contributed by atoms with E-state index in [1.165, 1.54) is 5.56 Å². The molecule has 7 nitrogen and oxygen atoms in total. The molecule has 1 amide bonds. The average molecular weight is 485 g/mol. The number of nitrogens with zero attached hydrogens (tertiary/aromatic N) is 1. The van der Waals surface area contributed by atoms with Crippen LogP contribution in [-0.4, -0.2) is 58.2 Å². The SMILES string of the molecule is O=C(OC1CCCC1)N1CCc2c([nH]c3ccc(Cl)cc23)[C@@H]1c1ccc(OC[C@H](O)CO)cc1. The molecule has 0 bridgehead atoms. The Kier molecular flexibility index (Phi) is 6.68. The fourth-order valence-corrected chi connectivity index (χ4v) is 5.18. The van der Waals surface area contributed by atoms with Gasteiger partial charge < -0.3 is 24.7 Å². The maximum absolute atomic E-state index is 13.3. The summed E-state index contributed by atoms with van der Waals surface area (Å²) in [7, 11) is 0. The van der Waals surface area contributed by atoms with Crippen LogP contribution in [0.1, 0.15) is 48.5 Å². The van der Waals surface area contributed by atoms with Crippen molar-refractivity contribution in [1.82, 2.24) is 9.88 Å². The molecule has 34 heavy (non-hydrogen) atoms. The number of benzene rings is 2. The first-order valence-corrected chi connectivity index (χ1v) is 12.2. The topological polar surface area (TPSA) is 95.0 Å². The van der Waals surface area contributed by atoms with Crippen LogP contribution in [0, 0.1) is 0 Å². The Balaban J connectivity index is 1.48. The smallest absolute Gasteiger partial charge is 0.410 e. The second-order valence-electron chi connectivity index (χ2n) is 9.06. The van der Waals surface area contributed by atoms with Gasteiger partial charge in [-0.3, -0.25) is 4.90 Å². The van der Waals surface area contributed by atoms with Crippen LogP contribution < -0.4 is 4.74 Å². The lowest BCUT2D eigenvalue weighted by Gasteiger charge is -2.36. The van der Waals surface area contributed by atoms with E-state index in [0.717, 1.165) is 47.8 Å². The third-order valence-electron chi connectivity index (χ3n) is 6.74. The van der Waals surface area contributed by atoms with Gasteiger partial charge in [0.05, 0.1) is 6.61 Å². The second kappa shape index (κ2) is 9.86. The van der Waals surface area contributed by atoms with E-state index in [2.05, 4.69) is 4.98 Å². The Hall–Kier alpha value is -2.74. The highest BCUT2D eigenvalue weighted by Crippen LogP contribution is 2.40. The van der Waals surface area contributed by atoms with Gasteiger partial charge in [-0.1, -0.05) is 23.7 Å². The molecule has 1 aliphatic carbocycles. The van der Waals surface area contributed by atoms with E-state index < -0.39 is 6.10 Å². The number of hydrogen-bond acceptors (Lipinski definition) is 5. The minimum Gasteiger partial charge on any atom is -0.491 e. The highest BCUT2D eigenvalue weighted by molar-refractivity contribution is 6.31. The molecule has 1 fully saturated rings. The Morgan fingerprint density at radius 2 is 1.94 bits per heavy atom. The normalized spacial score (nSPS) is 19.3. The first kappa shape index (κ1) is 23.0. The molecule has 0 radical (unpaired) electrons. The zero-order valence-corrected chi connectivity index (χ0v) is 19.6. The van der Waals surface area contributed by atoms with Crippen molar-refractivity contribution in [2.24, 2.45) is 0 Å². The van der Waals surface area contributed by atoms with Crippen molar-refractivity contribution >= 4 is 28.6 Å². The summed E-state index contributed by atoms with van der Waals surface area (Å²) in [5.74, 6) is 0.579. The zero-order chi connectivity index (χ0) is 23.7. The summed E-state index contributed by atoms with van der Waals surface area (Å²) in [4.78, 5) is 18.6. The van der Waals surface area contributed by atoms with Crippen LogP contribution in [0.2, 0.25) is 5.02 Å². The lowest BCUT2D eigenvalue weighted by atomic mass is 9.92. The Bertz CT molecular complexity index is 1160. The largest absolute Gasteiger partial charge is 0.491 e. The van der Waals surface area contributed by atoms with E-state index >= 15 is 0 Å². The lowest BCUT2D eigenvalue weighted by molar-refractivity contribution is 0.0533. The quantitative estimate of drug-likeness (QED) is 0.476. The maximum Gasteiger partial charge on any atom is 0.410 e. The van der Waals surface area contributed by atoms with Gasteiger partial charge in [0, 0.05) is 28.2 Å². The van der Waals surface area contributed by atoms with Gasteiger partial charge in [0.15, 0.2) is 0 Å². The third-order valence-corrected chi connectivity index (χ3v) is 6.98. The number of carbonyl (C=O) groups is 1. The van der Waals surface area contributed by atoms with Crippen LogP contribution in [0.25, 0.3) is 10.9 Å². The number of amides is 1. The fourth-order valence-electron chi connectivity index (χ4n) is 5.01. The number of H-pyrrole nitrogens is 1. The van der Waals surface area contributed by atoms with Crippen LogP contribution in [0.4, 0.5) is 4.79 Å². The summed E-state index contributed by atoms with van der Waals surface area (Å²) in [5, 5.41) is 20.3.